The molecule has 0 heterocycles. The van der Waals surface area contributed by atoms with Gasteiger partial charge < -0.3 is 10.6 Å². The first-order valence-electron chi connectivity index (χ1n) is 6.52. The first-order valence-corrected chi connectivity index (χ1v) is 8.75. The standard InChI is InChI=1S/C13H21BrFN3O2S/c1-5-18(9(2)8-17(3)4)21(19,20)13-6-10(14)11(15)7-12(13)16/h6-7,9H,5,8,16H2,1-4H3. The summed E-state index contributed by atoms with van der Waals surface area (Å²) >= 11 is 3.00. The van der Waals surface area contributed by atoms with Crippen molar-refractivity contribution in [1.82, 2.24) is 9.21 Å². The van der Waals surface area contributed by atoms with Gasteiger partial charge in [0.2, 0.25) is 10.0 Å². The molecule has 1 rings (SSSR count). The number of rotatable bonds is 6. The molecule has 8 heteroatoms. The first-order chi connectivity index (χ1) is 9.61. The number of anilines is 1. The highest BCUT2D eigenvalue weighted by Crippen LogP contribution is 2.29. The van der Waals surface area contributed by atoms with Crippen LogP contribution in [0.25, 0.3) is 0 Å². The lowest BCUT2D eigenvalue weighted by molar-refractivity contribution is 0.271. The van der Waals surface area contributed by atoms with E-state index in [9.17, 15) is 12.8 Å². The van der Waals surface area contributed by atoms with Crippen LogP contribution in [0.2, 0.25) is 0 Å². The molecule has 0 radical (unpaired) electrons. The second-order valence-corrected chi connectivity index (χ2v) is 7.84. The normalized spacial score (nSPS) is 13.9. The molecule has 0 aliphatic rings. The van der Waals surface area contributed by atoms with E-state index in [1.165, 1.54) is 10.4 Å². The lowest BCUT2D eigenvalue weighted by Gasteiger charge is -2.29. The molecule has 21 heavy (non-hydrogen) atoms. The fraction of sp³-hybridized carbons (Fsp3) is 0.538. The summed E-state index contributed by atoms with van der Waals surface area (Å²) in [6.07, 6.45) is 0. The van der Waals surface area contributed by atoms with Crippen LogP contribution < -0.4 is 5.73 Å². The van der Waals surface area contributed by atoms with Crippen LogP contribution in [0.1, 0.15) is 13.8 Å². The van der Waals surface area contributed by atoms with E-state index in [1.54, 1.807) is 6.92 Å². The third-order valence-corrected chi connectivity index (χ3v) is 5.82. The minimum absolute atomic E-state index is 0.0755. The lowest BCUT2D eigenvalue weighted by Crippen LogP contribution is -2.43. The molecule has 0 aliphatic carbocycles. The van der Waals surface area contributed by atoms with Crippen molar-refractivity contribution in [3.8, 4) is 0 Å². The molecule has 0 amide bonds. The fourth-order valence-corrected chi connectivity index (χ4v) is 4.48. The van der Waals surface area contributed by atoms with Gasteiger partial charge in [-0.3, -0.25) is 0 Å². The Hall–Kier alpha value is -0.700. The number of nitrogen functional groups attached to an aromatic ring is 1. The van der Waals surface area contributed by atoms with Gasteiger partial charge in [0.15, 0.2) is 0 Å². The molecule has 120 valence electrons. The van der Waals surface area contributed by atoms with E-state index < -0.39 is 15.8 Å². The lowest BCUT2D eigenvalue weighted by atomic mass is 10.3. The number of nitrogens with two attached hydrogens (primary N) is 1. The van der Waals surface area contributed by atoms with Gasteiger partial charge in [0, 0.05) is 19.1 Å². The van der Waals surface area contributed by atoms with Gasteiger partial charge >= 0.3 is 0 Å². The van der Waals surface area contributed by atoms with Gasteiger partial charge in [0.25, 0.3) is 0 Å². The molecule has 0 aliphatic heterocycles. The summed E-state index contributed by atoms with van der Waals surface area (Å²) < 4.78 is 40.4. The molecule has 1 aromatic carbocycles. The Morgan fingerprint density at radius 3 is 2.43 bits per heavy atom. The predicted molar refractivity (Wildman–Crippen MR) is 86.1 cm³/mol. The van der Waals surface area contributed by atoms with Gasteiger partial charge in [-0.2, -0.15) is 4.31 Å². The van der Waals surface area contributed by atoms with Gasteiger partial charge in [-0.15, -0.1) is 0 Å². The van der Waals surface area contributed by atoms with Crippen molar-refractivity contribution in [2.75, 3.05) is 32.9 Å². The highest BCUT2D eigenvalue weighted by Gasteiger charge is 2.30. The smallest absolute Gasteiger partial charge is 0.245 e. The Balaban J connectivity index is 3.28. The number of halogens is 2. The highest BCUT2D eigenvalue weighted by atomic mass is 79.9. The molecule has 1 unspecified atom stereocenters. The van der Waals surface area contributed by atoms with E-state index in [0.717, 1.165) is 6.07 Å². The third kappa shape index (κ3) is 4.15. The Morgan fingerprint density at radius 1 is 1.38 bits per heavy atom. The van der Waals surface area contributed by atoms with Crippen molar-refractivity contribution in [3.63, 3.8) is 0 Å². The van der Waals surface area contributed by atoms with E-state index >= 15 is 0 Å². The van der Waals surface area contributed by atoms with Crippen molar-refractivity contribution < 1.29 is 12.8 Å². The molecule has 0 saturated heterocycles. The van der Waals surface area contributed by atoms with E-state index in [-0.39, 0.29) is 21.1 Å². The van der Waals surface area contributed by atoms with Crippen LogP contribution in [0.15, 0.2) is 21.5 Å². The first kappa shape index (κ1) is 18.3. The largest absolute Gasteiger partial charge is 0.398 e. The Bertz CT molecular complexity index is 608. The second kappa shape index (κ2) is 7.04. The van der Waals surface area contributed by atoms with Crippen LogP contribution in [0.3, 0.4) is 0 Å². The zero-order valence-electron chi connectivity index (χ0n) is 12.6. The molecular formula is C13H21BrFN3O2S. The molecule has 0 spiro atoms. The van der Waals surface area contributed by atoms with Crippen LogP contribution in [0, 0.1) is 5.82 Å². The van der Waals surface area contributed by atoms with E-state index in [4.69, 9.17) is 5.73 Å². The van der Waals surface area contributed by atoms with Crippen LogP contribution >= 0.6 is 15.9 Å². The maximum absolute atomic E-state index is 13.4. The van der Waals surface area contributed by atoms with Crippen LogP contribution in [-0.2, 0) is 10.0 Å². The zero-order chi connectivity index (χ0) is 16.4. The molecular weight excluding hydrogens is 361 g/mol. The maximum atomic E-state index is 13.4. The zero-order valence-corrected chi connectivity index (χ0v) is 15.0. The van der Waals surface area contributed by atoms with Crippen LogP contribution in [-0.4, -0.2) is 50.8 Å². The second-order valence-electron chi connectivity index (χ2n) is 5.12. The number of nitrogens with zero attached hydrogens (tertiary/aromatic N) is 2. The third-order valence-electron chi connectivity index (χ3n) is 3.07. The van der Waals surface area contributed by atoms with Crippen molar-refractivity contribution in [2.45, 2.75) is 24.8 Å². The van der Waals surface area contributed by atoms with Gasteiger partial charge in [-0.1, -0.05) is 6.92 Å². The molecule has 2 N–H and O–H groups in total. The topological polar surface area (TPSA) is 66.6 Å². The number of benzene rings is 1. The minimum atomic E-state index is -3.78. The number of sulfonamides is 1. The number of hydrogen-bond donors (Lipinski definition) is 1. The Morgan fingerprint density at radius 2 is 1.95 bits per heavy atom. The van der Waals surface area contributed by atoms with E-state index in [0.29, 0.717) is 13.1 Å². The Kier molecular flexibility index (Phi) is 6.15. The predicted octanol–water partition coefficient (Wildman–Crippen LogP) is 2.13. The van der Waals surface area contributed by atoms with Gasteiger partial charge in [0.1, 0.15) is 10.7 Å². The van der Waals surface area contributed by atoms with Gasteiger partial charge in [-0.05, 0) is 49.1 Å². The van der Waals surface area contributed by atoms with Crippen molar-refractivity contribution in [1.29, 1.82) is 0 Å². The molecule has 5 nitrogen and oxygen atoms in total. The van der Waals surface area contributed by atoms with Gasteiger partial charge in [0.05, 0.1) is 10.2 Å². The summed E-state index contributed by atoms with van der Waals surface area (Å²) in [6, 6.07) is 2.00. The molecule has 0 fully saturated rings. The molecule has 0 saturated carbocycles. The summed E-state index contributed by atoms with van der Waals surface area (Å²) in [5.74, 6) is -0.587. The Labute approximate surface area is 134 Å². The SMILES string of the molecule is CCN(C(C)CN(C)C)S(=O)(=O)c1cc(Br)c(F)cc1N. The average Bonchev–Trinajstić information content (AvgIpc) is 2.33. The molecule has 0 bridgehead atoms. The summed E-state index contributed by atoms with van der Waals surface area (Å²) in [5.41, 5.74) is 5.60. The highest BCUT2D eigenvalue weighted by molar-refractivity contribution is 9.10. The summed E-state index contributed by atoms with van der Waals surface area (Å²) in [5, 5.41) is 0. The van der Waals surface area contributed by atoms with Crippen LogP contribution in [0.5, 0.6) is 0 Å². The van der Waals surface area contributed by atoms with E-state index in [1.807, 2.05) is 25.9 Å². The van der Waals surface area contributed by atoms with E-state index in [2.05, 4.69) is 15.9 Å². The molecule has 0 aromatic heterocycles. The number of hydrogen-bond acceptors (Lipinski definition) is 4. The average molecular weight is 382 g/mol. The van der Waals surface area contributed by atoms with Crippen molar-refractivity contribution in [3.05, 3.63) is 22.4 Å². The fourth-order valence-electron chi connectivity index (χ4n) is 2.23. The molecule has 1 atom stereocenters. The summed E-state index contributed by atoms with van der Waals surface area (Å²) in [4.78, 5) is 1.83. The summed E-state index contributed by atoms with van der Waals surface area (Å²) in [7, 11) is -0.0313. The number of likely N-dealkylation sites (N-methyl/N-ethyl adjacent to an activating group) is 2. The quantitative estimate of drug-likeness (QED) is 0.766. The molecule has 1 aromatic rings. The monoisotopic (exact) mass is 381 g/mol. The maximum Gasteiger partial charge on any atom is 0.245 e. The minimum Gasteiger partial charge on any atom is -0.398 e. The summed E-state index contributed by atoms with van der Waals surface area (Å²) in [6.45, 7) is 4.48. The van der Waals surface area contributed by atoms with Crippen molar-refractivity contribution in [2.24, 2.45) is 0 Å². The van der Waals surface area contributed by atoms with Crippen LogP contribution in [0.4, 0.5) is 10.1 Å². The van der Waals surface area contributed by atoms with Crippen molar-refractivity contribution >= 4 is 31.6 Å². The van der Waals surface area contributed by atoms with Gasteiger partial charge in [-0.25, -0.2) is 12.8 Å².